The SMILES string of the molecule is CC(C)(C)c1ccc(-n2nnc(CN)c2-c2ccco2)cc1. The van der Waals surface area contributed by atoms with Gasteiger partial charge in [-0.05, 0) is 35.2 Å². The van der Waals surface area contributed by atoms with Gasteiger partial charge in [0.25, 0.3) is 0 Å². The molecule has 0 saturated carbocycles. The van der Waals surface area contributed by atoms with Crippen LogP contribution in [0.15, 0.2) is 47.1 Å². The first-order valence-corrected chi connectivity index (χ1v) is 7.30. The number of aromatic nitrogens is 3. The number of hydrogen-bond donors (Lipinski definition) is 1. The minimum atomic E-state index is 0.118. The molecular weight excluding hydrogens is 276 g/mol. The van der Waals surface area contributed by atoms with Gasteiger partial charge in [0.1, 0.15) is 11.4 Å². The Morgan fingerprint density at radius 2 is 1.86 bits per heavy atom. The number of furan rings is 1. The summed E-state index contributed by atoms with van der Waals surface area (Å²) in [7, 11) is 0. The summed E-state index contributed by atoms with van der Waals surface area (Å²) in [6, 6.07) is 12.0. The molecule has 0 atom stereocenters. The number of nitrogens with two attached hydrogens (primary N) is 1. The first-order chi connectivity index (χ1) is 10.5. The average Bonchev–Trinajstić information content (AvgIpc) is 3.15. The van der Waals surface area contributed by atoms with Gasteiger partial charge < -0.3 is 10.2 Å². The first-order valence-electron chi connectivity index (χ1n) is 7.30. The van der Waals surface area contributed by atoms with Crippen LogP contribution in [0.25, 0.3) is 17.1 Å². The van der Waals surface area contributed by atoms with Gasteiger partial charge in [0.2, 0.25) is 0 Å². The molecule has 0 unspecified atom stereocenters. The molecule has 0 aliphatic carbocycles. The van der Waals surface area contributed by atoms with Crippen LogP contribution < -0.4 is 5.73 Å². The molecule has 5 nitrogen and oxygen atoms in total. The molecule has 2 heterocycles. The van der Waals surface area contributed by atoms with E-state index in [0.717, 1.165) is 17.1 Å². The van der Waals surface area contributed by atoms with Crippen molar-refractivity contribution in [3.05, 3.63) is 53.9 Å². The molecule has 3 rings (SSSR count). The molecule has 0 bridgehead atoms. The van der Waals surface area contributed by atoms with Gasteiger partial charge in [0.15, 0.2) is 5.76 Å². The van der Waals surface area contributed by atoms with Crippen molar-refractivity contribution in [1.82, 2.24) is 15.0 Å². The zero-order valence-corrected chi connectivity index (χ0v) is 13.1. The third kappa shape index (κ3) is 2.55. The molecule has 0 saturated heterocycles. The van der Waals surface area contributed by atoms with Gasteiger partial charge in [-0.15, -0.1) is 5.10 Å². The Hall–Kier alpha value is -2.40. The maximum Gasteiger partial charge on any atom is 0.154 e. The predicted octanol–water partition coefficient (Wildman–Crippen LogP) is 3.28. The lowest BCUT2D eigenvalue weighted by molar-refractivity contribution is 0.575. The fraction of sp³-hybridized carbons (Fsp3) is 0.294. The Morgan fingerprint density at radius 3 is 2.41 bits per heavy atom. The molecule has 22 heavy (non-hydrogen) atoms. The number of rotatable bonds is 3. The van der Waals surface area contributed by atoms with Gasteiger partial charge in [-0.2, -0.15) is 0 Å². The van der Waals surface area contributed by atoms with Crippen LogP contribution in [0.1, 0.15) is 32.0 Å². The lowest BCUT2D eigenvalue weighted by atomic mass is 9.87. The fourth-order valence-electron chi connectivity index (χ4n) is 2.39. The molecule has 0 fully saturated rings. The van der Waals surface area contributed by atoms with Crippen molar-refractivity contribution in [3.8, 4) is 17.1 Å². The van der Waals surface area contributed by atoms with E-state index < -0.39 is 0 Å². The van der Waals surface area contributed by atoms with Crippen molar-refractivity contribution in [3.63, 3.8) is 0 Å². The van der Waals surface area contributed by atoms with Crippen molar-refractivity contribution in [2.24, 2.45) is 5.73 Å². The van der Waals surface area contributed by atoms with Crippen LogP contribution >= 0.6 is 0 Å². The van der Waals surface area contributed by atoms with Crippen LogP contribution in [-0.2, 0) is 12.0 Å². The highest BCUT2D eigenvalue weighted by Crippen LogP contribution is 2.27. The van der Waals surface area contributed by atoms with E-state index in [1.54, 1.807) is 10.9 Å². The molecule has 0 aliphatic rings. The molecule has 2 aromatic heterocycles. The summed E-state index contributed by atoms with van der Waals surface area (Å²) >= 11 is 0. The summed E-state index contributed by atoms with van der Waals surface area (Å²) in [5.74, 6) is 0.713. The minimum absolute atomic E-state index is 0.118. The van der Waals surface area contributed by atoms with Crippen molar-refractivity contribution >= 4 is 0 Å². The molecule has 114 valence electrons. The van der Waals surface area contributed by atoms with Gasteiger partial charge in [-0.3, -0.25) is 0 Å². The topological polar surface area (TPSA) is 69.9 Å². The van der Waals surface area contributed by atoms with Crippen LogP contribution in [0, 0.1) is 0 Å². The van der Waals surface area contributed by atoms with Crippen LogP contribution in [-0.4, -0.2) is 15.0 Å². The molecule has 3 aromatic rings. The highest BCUT2D eigenvalue weighted by atomic mass is 16.3. The highest BCUT2D eigenvalue weighted by Gasteiger charge is 2.18. The standard InChI is InChI=1S/C17H20N4O/c1-17(2,3)12-6-8-13(9-7-12)21-16(14(11-18)19-20-21)15-5-4-10-22-15/h4-10H,11,18H2,1-3H3. The molecule has 2 N–H and O–H groups in total. The fourth-order valence-corrected chi connectivity index (χ4v) is 2.39. The van der Waals surface area contributed by atoms with Crippen molar-refractivity contribution in [1.29, 1.82) is 0 Å². The Bertz CT molecular complexity index is 749. The van der Waals surface area contributed by atoms with Crippen molar-refractivity contribution < 1.29 is 4.42 Å². The van der Waals surface area contributed by atoms with Crippen LogP contribution in [0.5, 0.6) is 0 Å². The highest BCUT2D eigenvalue weighted by molar-refractivity contribution is 5.58. The third-order valence-corrected chi connectivity index (χ3v) is 3.67. The lowest BCUT2D eigenvalue weighted by Crippen LogP contribution is -2.11. The smallest absolute Gasteiger partial charge is 0.154 e. The second kappa shape index (κ2) is 5.42. The van der Waals surface area contributed by atoms with E-state index in [4.69, 9.17) is 10.2 Å². The van der Waals surface area contributed by atoms with Gasteiger partial charge in [-0.25, -0.2) is 4.68 Å². The molecule has 1 aromatic carbocycles. The number of hydrogen-bond acceptors (Lipinski definition) is 4. The molecule has 0 amide bonds. The minimum Gasteiger partial charge on any atom is -0.463 e. The summed E-state index contributed by atoms with van der Waals surface area (Å²) < 4.78 is 7.28. The summed E-state index contributed by atoms with van der Waals surface area (Å²) in [5, 5.41) is 8.40. The van der Waals surface area contributed by atoms with Gasteiger partial charge >= 0.3 is 0 Å². The van der Waals surface area contributed by atoms with E-state index in [0.29, 0.717) is 12.3 Å². The van der Waals surface area contributed by atoms with E-state index >= 15 is 0 Å². The van der Waals surface area contributed by atoms with Crippen molar-refractivity contribution in [2.45, 2.75) is 32.7 Å². The monoisotopic (exact) mass is 296 g/mol. The number of benzene rings is 1. The van der Waals surface area contributed by atoms with Gasteiger partial charge in [0, 0.05) is 6.54 Å². The zero-order valence-electron chi connectivity index (χ0n) is 13.1. The maximum atomic E-state index is 5.77. The Labute approximate surface area is 129 Å². The van der Waals surface area contributed by atoms with Crippen LogP contribution in [0.3, 0.4) is 0 Å². The summed E-state index contributed by atoms with van der Waals surface area (Å²) in [6.45, 7) is 6.89. The molecule has 0 radical (unpaired) electrons. The van der Waals surface area contributed by atoms with Gasteiger partial charge in [0.05, 0.1) is 12.0 Å². The van der Waals surface area contributed by atoms with E-state index in [-0.39, 0.29) is 5.41 Å². The Morgan fingerprint density at radius 1 is 1.14 bits per heavy atom. The molecular formula is C17H20N4O. The third-order valence-electron chi connectivity index (χ3n) is 3.67. The lowest BCUT2D eigenvalue weighted by Gasteiger charge is -2.19. The normalized spacial score (nSPS) is 11.8. The van der Waals surface area contributed by atoms with E-state index in [2.05, 4.69) is 43.2 Å². The van der Waals surface area contributed by atoms with Gasteiger partial charge in [-0.1, -0.05) is 38.1 Å². The van der Waals surface area contributed by atoms with Crippen LogP contribution in [0.4, 0.5) is 0 Å². The molecule has 0 aliphatic heterocycles. The summed E-state index contributed by atoms with van der Waals surface area (Å²) in [6.07, 6.45) is 1.63. The number of nitrogens with zero attached hydrogens (tertiary/aromatic N) is 3. The Balaban J connectivity index is 2.08. The largest absolute Gasteiger partial charge is 0.463 e. The zero-order chi connectivity index (χ0) is 15.7. The van der Waals surface area contributed by atoms with Crippen molar-refractivity contribution in [2.75, 3.05) is 0 Å². The second-order valence-corrected chi connectivity index (χ2v) is 6.27. The summed E-state index contributed by atoms with van der Waals surface area (Å²) in [4.78, 5) is 0. The maximum absolute atomic E-state index is 5.77. The average molecular weight is 296 g/mol. The first kappa shape index (κ1) is 14.5. The second-order valence-electron chi connectivity index (χ2n) is 6.27. The quantitative estimate of drug-likeness (QED) is 0.805. The molecule has 5 heteroatoms. The van der Waals surface area contributed by atoms with E-state index in [1.807, 2.05) is 24.3 Å². The Kier molecular flexibility index (Phi) is 3.58. The molecule has 0 spiro atoms. The van der Waals surface area contributed by atoms with E-state index in [9.17, 15) is 0 Å². The van der Waals surface area contributed by atoms with E-state index in [1.165, 1.54) is 5.56 Å². The van der Waals surface area contributed by atoms with Crippen LogP contribution in [0.2, 0.25) is 0 Å². The summed E-state index contributed by atoms with van der Waals surface area (Å²) in [5.41, 5.74) is 9.62. The predicted molar refractivity (Wildman–Crippen MR) is 85.7 cm³/mol.